The summed E-state index contributed by atoms with van der Waals surface area (Å²) in [7, 11) is -0.602. The zero-order valence-electron chi connectivity index (χ0n) is 17.3. The van der Waals surface area contributed by atoms with Gasteiger partial charge >= 0.3 is 7.12 Å². The zero-order chi connectivity index (χ0) is 19.9. The number of hydrogen-bond acceptors (Lipinski definition) is 3. The van der Waals surface area contributed by atoms with E-state index >= 15 is 0 Å². The predicted octanol–water partition coefficient (Wildman–Crippen LogP) is 5.32. The molecule has 0 atom stereocenters. The smallest absolute Gasteiger partial charge is 0.499 e. The van der Waals surface area contributed by atoms with Crippen molar-refractivity contribution < 1.29 is 14.4 Å². The van der Waals surface area contributed by atoms with Crippen molar-refractivity contribution in [3.8, 4) is 16.9 Å². The summed E-state index contributed by atoms with van der Waals surface area (Å²) in [5.74, 6) is 0.237. The van der Waals surface area contributed by atoms with E-state index in [1.165, 1.54) is 18.4 Å². The summed E-state index contributed by atoms with van der Waals surface area (Å²) in [5.41, 5.74) is 4.24. The lowest BCUT2D eigenvalue weighted by molar-refractivity contribution is 0.00578. The first-order chi connectivity index (χ1) is 13.3. The van der Waals surface area contributed by atoms with Crippen LogP contribution in [0.4, 0.5) is 0 Å². The van der Waals surface area contributed by atoms with Gasteiger partial charge in [-0.3, -0.25) is 0 Å². The van der Waals surface area contributed by atoms with Crippen molar-refractivity contribution in [1.29, 1.82) is 0 Å². The van der Waals surface area contributed by atoms with Gasteiger partial charge in [0.25, 0.3) is 0 Å². The molecule has 0 saturated carbocycles. The molecule has 2 aromatic rings. The molecule has 0 bridgehead atoms. The third-order valence-electron chi connectivity index (χ3n) is 6.39. The minimum atomic E-state index is -0.602. The van der Waals surface area contributed by atoms with Gasteiger partial charge in [-0.1, -0.05) is 36.4 Å². The van der Waals surface area contributed by atoms with Gasteiger partial charge in [-0.2, -0.15) is 0 Å². The molecule has 0 amide bonds. The van der Waals surface area contributed by atoms with Gasteiger partial charge < -0.3 is 14.4 Å². The Morgan fingerprint density at radius 1 is 0.893 bits per heavy atom. The maximum Gasteiger partial charge on any atom is 0.499 e. The average Bonchev–Trinajstić information content (AvgIpc) is 2.89. The van der Waals surface area contributed by atoms with Gasteiger partial charge in [0.1, 0.15) is 5.75 Å². The maximum absolute atomic E-state index is 11.1. The van der Waals surface area contributed by atoms with Crippen LogP contribution in [0.1, 0.15) is 58.9 Å². The number of hydrogen-bond donors (Lipinski definition) is 1. The van der Waals surface area contributed by atoms with Crippen molar-refractivity contribution in [1.82, 2.24) is 0 Å². The van der Waals surface area contributed by atoms with Gasteiger partial charge in [-0.25, -0.2) is 0 Å². The van der Waals surface area contributed by atoms with Crippen LogP contribution in [0.3, 0.4) is 0 Å². The lowest BCUT2D eigenvalue weighted by atomic mass is 9.72. The molecule has 1 aliphatic heterocycles. The van der Waals surface area contributed by atoms with Gasteiger partial charge in [0.15, 0.2) is 0 Å². The standard InChI is InChI=1S/C24H29BO3/c1-23(2)24(3,4)28-25(27-23)22-20(18-13-9-6-10-14-18)15-19(16-21(22)26)17-11-7-5-8-12-17/h6,9-11,13-16,26H,5,7-8,12H2,1-4H3. The number of rotatable bonds is 3. The highest BCUT2D eigenvalue weighted by Crippen LogP contribution is 2.39. The number of phenolic OH excluding ortho intramolecular Hbond substituents is 1. The van der Waals surface area contributed by atoms with Gasteiger partial charge in [-0.15, -0.1) is 0 Å². The average molecular weight is 376 g/mol. The van der Waals surface area contributed by atoms with Crippen molar-refractivity contribution in [3.63, 3.8) is 0 Å². The minimum absolute atomic E-state index is 0.237. The van der Waals surface area contributed by atoms with Crippen LogP contribution in [0.25, 0.3) is 16.7 Å². The molecule has 0 radical (unpaired) electrons. The Balaban J connectivity index is 1.85. The molecule has 2 aromatic carbocycles. The lowest BCUT2D eigenvalue weighted by Gasteiger charge is -2.32. The van der Waals surface area contributed by atoms with Crippen molar-refractivity contribution in [2.75, 3.05) is 0 Å². The van der Waals surface area contributed by atoms with Gasteiger partial charge in [0.05, 0.1) is 11.2 Å². The summed E-state index contributed by atoms with van der Waals surface area (Å²) in [5, 5.41) is 11.1. The van der Waals surface area contributed by atoms with Crippen LogP contribution in [-0.2, 0) is 9.31 Å². The Morgan fingerprint density at radius 2 is 1.57 bits per heavy atom. The monoisotopic (exact) mass is 376 g/mol. The molecular formula is C24H29BO3. The quantitative estimate of drug-likeness (QED) is 0.738. The molecule has 1 heterocycles. The topological polar surface area (TPSA) is 38.7 Å². The minimum Gasteiger partial charge on any atom is -0.508 e. The summed E-state index contributed by atoms with van der Waals surface area (Å²) in [6.07, 6.45) is 6.92. The van der Waals surface area contributed by atoms with E-state index in [1.54, 1.807) is 0 Å². The van der Waals surface area contributed by atoms with Gasteiger partial charge in [-0.05, 0) is 87.8 Å². The second kappa shape index (κ2) is 7.09. The van der Waals surface area contributed by atoms with E-state index in [9.17, 15) is 5.11 Å². The largest absolute Gasteiger partial charge is 0.508 e. The van der Waals surface area contributed by atoms with Crippen LogP contribution in [0, 0.1) is 0 Å². The van der Waals surface area contributed by atoms with Crippen LogP contribution in [-0.4, -0.2) is 23.4 Å². The highest BCUT2D eigenvalue weighted by molar-refractivity contribution is 6.65. The van der Waals surface area contributed by atoms with Crippen LogP contribution < -0.4 is 5.46 Å². The Morgan fingerprint density at radius 3 is 2.18 bits per heavy atom. The van der Waals surface area contributed by atoms with E-state index in [1.807, 2.05) is 52.0 Å². The first-order valence-corrected chi connectivity index (χ1v) is 10.3. The summed E-state index contributed by atoms with van der Waals surface area (Å²) in [6, 6.07) is 14.3. The fourth-order valence-corrected chi connectivity index (χ4v) is 3.99. The Kier molecular flexibility index (Phi) is 4.89. The van der Waals surface area contributed by atoms with E-state index in [-0.39, 0.29) is 5.75 Å². The van der Waals surface area contributed by atoms with Crippen LogP contribution in [0.2, 0.25) is 0 Å². The molecule has 4 rings (SSSR count). The van der Waals surface area contributed by atoms with Gasteiger partial charge in [0.2, 0.25) is 0 Å². The fraction of sp³-hybridized carbons (Fsp3) is 0.417. The highest BCUT2D eigenvalue weighted by atomic mass is 16.7. The number of phenols is 1. The Hall–Kier alpha value is -2.04. The molecule has 1 N–H and O–H groups in total. The Labute approximate surface area is 168 Å². The highest BCUT2D eigenvalue weighted by Gasteiger charge is 2.53. The second-order valence-corrected chi connectivity index (χ2v) is 8.89. The lowest BCUT2D eigenvalue weighted by Crippen LogP contribution is -2.41. The molecule has 28 heavy (non-hydrogen) atoms. The molecule has 0 aromatic heterocycles. The molecular weight excluding hydrogens is 347 g/mol. The predicted molar refractivity (Wildman–Crippen MR) is 116 cm³/mol. The van der Waals surface area contributed by atoms with E-state index in [2.05, 4.69) is 24.3 Å². The molecule has 1 fully saturated rings. The van der Waals surface area contributed by atoms with E-state index in [0.29, 0.717) is 5.46 Å². The summed E-state index contributed by atoms with van der Waals surface area (Å²) >= 11 is 0. The van der Waals surface area contributed by atoms with E-state index in [4.69, 9.17) is 9.31 Å². The molecule has 0 unspecified atom stereocenters. The SMILES string of the molecule is CC1(C)OB(c2c(O)cc(C3=CCCCC3)cc2-c2ccccc2)OC1(C)C. The molecule has 146 valence electrons. The Bertz CT molecular complexity index is 884. The maximum atomic E-state index is 11.1. The van der Waals surface area contributed by atoms with Gasteiger partial charge in [0, 0.05) is 5.46 Å². The second-order valence-electron chi connectivity index (χ2n) is 8.89. The summed E-state index contributed by atoms with van der Waals surface area (Å²) < 4.78 is 12.6. The number of aromatic hydroxyl groups is 1. The van der Waals surface area contributed by atoms with Crippen molar-refractivity contribution in [2.24, 2.45) is 0 Å². The van der Waals surface area contributed by atoms with Crippen molar-refractivity contribution in [3.05, 3.63) is 54.1 Å². The first-order valence-electron chi connectivity index (χ1n) is 10.3. The van der Waals surface area contributed by atoms with Crippen molar-refractivity contribution >= 4 is 18.2 Å². The zero-order valence-corrected chi connectivity index (χ0v) is 17.3. The van der Waals surface area contributed by atoms with Crippen LogP contribution in [0.5, 0.6) is 5.75 Å². The normalized spacial score (nSPS) is 20.9. The molecule has 2 aliphatic rings. The van der Waals surface area contributed by atoms with Crippen LogP contribution >= 0.6 is 0 Å². The van der Waals surface area contributed by atoms with E-state index in [0.717, 1.165) is 29.5 Å². The molecule has 4 heteroatoms. The van der Waals surface area contributed by atoms with Crippen molar-refractivity contribution in [2.45, 2.75) is 64.6 Å². The number of benzene rings is 2. The third-order valence-corrected chi connectivity index (χ3v) is 6.39. The third kappa shape index (κ3) is 3.40. The molecule has 1 saturated heterocycles. The number of allylic oxidation sites excluding steroid dienone is 2. The molecule has 1 aliphatic carbocycles. The fourth-order valence-electron chi connectivity index (χ4n) is 3.99. The van der Waals surface area contributed by atoms with Crippen LogP contribution in [0.15, 0.2) is 48.5 Å². The summed E-state index contributed by atoms with van der Waals surface area (Å²) in [4.78, 5) is 0. The molecule has 3 nitrogen and oxygen atoms in total. The first kappa shape index (κ1) is 19.3. The molecule has 0 spiro atoms. The summed E-state index contributed by atoms with van der Waals surface area (Å²) in [6.45, 7) is 8.14. The van der Waals surface area contributed by atoms with E-state index < -0.39 is 18.3 Å².